The smallest absolute Gasteiger partial charge is 0.348 e. The molecule has 3 rings (SSSR count). The summed E-state index contributed by atoms with van der Waals surface area (Å²) in [4.78, 5) is 13.5. The molecule has 0 radical (unpaired) electrons. The number of fused-ring (bicyclic) bond motifs is 2. The number of carbonyl (C=O) groups is 1. The molecule has 1 heterocycles. The van der Waals surface area contributed by atoms with E-state index in [-0.39, 0.29) is 5.97 Å². The Morgan fingerprint density at radius 3 is 2.89 bits per heavy atom. The molecule has 2 bridgehead atoms. The van der Waals surface area contributed by atoms with E-state index in [1.807, 2.05) is 6.92 Å². The maximum Gasteiger partial charge on any atom is 0.348 e. The lowest BCUT2D eigenvalue weighted by Crippen LogP contribution is -2.19. The van der Waals surface area contributed by atoms with Gasteiger partial charge in [-0.3, -0.25) is 0 Å². The number of esters is 1. The quantitative estimate of drug-likeness (QED) is 0.854. The molecule has 2 N–H and O–H groups in total. The van der Waals surface area contributed by atoms with Gasteiger partial charge in [0.1, 0.15) is 4.88 Å². The molecule has 1 aromatic heterocycles. The van der Waals surface area contributed by atoms with Crippen LogP contribution in [-0.4, -0.2) is 12.6 Å². The summed E-state index contributed by atoms with van der Waals surface area (Å²) in [5.41, 5.74) is 6.44. The number of rotatable bonds is 3. The van der Waals surface area contributed by atoms with Crippen LogP contribution in [0.4, 0.5) is 5.69 Å². The topological polar surface area (TPSA) is 52.3 Å². The Labute approximate surface area is 111 Å². The summed E-state index contributed by atoms with van der Waals surface area (Å²) < 4.78 is 5.45. The molecule has 0 amide bonds. The fourth-order valence-corrected chi connectivity index (χ4v) is 4.27. The van der Waals surface area contributed by atoms with Crippen LogP contribution in [0.2, 0.25) is 0 Å². The van der Waals surface area contributed by atoms with Gasteiger partial charge in [-0.1, -0.05) is 6.42 Å². The highest BCUT2D eigenvalue weighted by Crippen LogP contribution is 2.48. The lowest BCUT2D eigenvalue weighted by atomic mass is 9.90. The molecule has 0 aromatic carbocycles. The minimum atomic E-state index is -0.206. The molecular formula is C14H19NO2S. The van der Waals surface area contributed by atoms with Crippen LogP contribution in [0.1, 0.15) is 40.2 Å². The van der Waals surface area contributed by atoms with E-state index >= 15 is 0 Å². The normalized spacial score (nSPS) is 29.7. The molecule has 2 saturated carbocycles. The lowest BCUT2D eigenvalue weighted by molar-refractivity contribution is 0.0400. The summed E-state index contributed by atoms with van der Waals surface area (Å²) >= 11 is 1.42. The highest BCUT2D eigenvalue weighted by molar-refractivity contribution is 7.14. The predicted octanol–water partition coefficient (Wildman–Crippen LogP) is 3.23. The second-order valence-electron chi connectivity index (χ2n) is 5.66. The first-order valence-corrected chi connectivity index (χ1v) is 7.48. The molecular weight excluding hydrogens is 246 g/mol. The number of carbonyl (C=O) groups excluding carboxylic acids is 1. The van der Waals surface area contributed by atoms with Crippen molar-refractivity contribution in [1.29, 1.82) is 0 Å². The predicted molar refractivity (Wildman–Crippen MR) is 72.7 cm³/mol. The molecule has 18 heavy (non-hydrogen) atoms. The fraction of sp³-hybridized carbons (Fsp3) is 0.643. The van der Waals surface area contributed by atoms with Gasteiger partial charge < -0.3 is 10.5 Å². The Balaban J connectivity index is 1.55. The minimum Gasteiger partial charge on any atom is -0.461 e. The first kappa shape index (κ1) is 12.0. The van der Waals surface area contributed by atoms with Crippen molar-refractivity contribution >= 4 is 23.0 Å². The average molecular weight is 265 g/mol. The van der Waals surface area contributed by atoms with Crippen LogP contribution in [0.3, 0.4) is 0 Å². The average Bonchev–Trinajstić information content (AvgIpc) is 3.03. The lowest BCUT2D eigenvalue weighted by Gasteiger charge is -2.20. The largest absolute Gasteiger partial charge is 0.461 e. The van der Waals surface area contributed by atoms with E-state index in [1.54, 1.807) is 6.07 Å². The zero-order valence-electron chi connectivity index (χ0n) is 10.6. The van der Waals surface area contributed by atoms with E-state index in [9.17, 15) is 4.79 Å². The number of anilines is 1. The van der Waals surface area contributed by atoms with Crippen molar-refractivity contribution in [3.63, 3.8) is 0 Å². The van der Waals surface area contributed by atoms with E-state index in [0.29, 0.717) is 23.1 Å². The number of nitrogen functional groups attached to an aromatic ring is 1. The second-order valence-corrected chi connectivity index (χ2v) is 6.91. The standard InChI is InChI=1S/C14H19NO2S/c1-8-12(15)6-13(18-8)14(16)17-7-11-5-9-2-3-10(11)4-9/h6,9-11H,2-5,7,15H2,1H3. The molecule has 3 nitrogen and oxygen atoms in total. The van der Waals surface area contributed by atoms with Gasteiger partial charge in [0.2, 0.25) is 0 Å². The van der Waals surface area contributed by atoms with Gasteiger partial charge in [-0.25, -0.2) is 4.79 Å². The number of thiophene rings is 1. The third-order valence-corrected chi connectivity index (χ3v) is 5.52. The van der Waals surface area contributed by atoms with Crippen LogP contribution in [0, 0.1) is 24.7 Å². The Morgan fingerprint density at radius 1 is 1.50 bits per heavy atom. The molecule has 1 aromatic rings. The molecule has 0 spiro atoms. The Kier molecular flexibility index (Phi) is 3.06. The molecule has 2 aliphatic rings. The van der Waals surface area contributed by atoms with Gasteiger partial charge in [-0.15, -0.1) is 11.3 Å². The Bertz CT molecular complexity index is 449. The molecule has 3 atom stereocenters. The molecule has 0 aliphatic heterocycles. The molecule has 2 fully saturated rings. The van der Waals surface area contributed by atoms with E-state index in [0.717, 1.165) is 16.7 Å². The SMILES string of the molecule is Cc1sc(C(=O)OCC2CC3CCC2C3)cc1N. The zero-order chi connectivity index (χ0) is 12.7. The molecule has 4 heteroatoms. The maximum absolute atomic E-state index is 11.9. The number of aryl methyl sites for hydroxylation is 1. The Morgan fingerprint density at radius 2 is 2.33 bits per heavy atom. The number of nitrogens with two attached hydrogens (primary N) is 1. The van der Waals surface area contributed by atoms with Crippen LogP contribution in [0.25, 0.3) is 0 Å². The van der Waals surface area contributed by atoms with E-state index in [1.165, 1.54) is 37.0 Å². The summed E-state index contributed by atoms with van der Waals surface area (Å²) in [6, 6.07) is 1.73. The number of hydrogen-bond acceptors (Lipinski definition) is 4. The van der Waals surface area contributed by atoms with Gasteiger partial charge in [-0.2, -0.15) is 0 Å². The van der Waals surface area contributed by atoms with Gasteiger partial charge in [-0.05, 0) is 50.0 Å². The van der Waals surface area contributed by atoms with Crippen molar-refractivity contribution in [2.24, 2.45) is 17.8 Å². The highest BCUT2D eigenvalue weighted by atomic mass is 32.1. The molecule has 2 aliphatic carbocycles. The summed E-state index contributed by atoms with van der Waals surface area (Å²) in [6.45, 7) is 2.52. The van der Waals surface area contributed by atoms with Crippen molar-refractivity contribution in [2.45, 2.75) is 32.6 Å². The summed E-state index contributed by atoms with van der Waals surface area (Å²) in [7, 11) is 0. The van der Waals surface area contributed by atoms with Crippen LogP contribution < -0.4 is 5.73 Å². The van der Waals surface area contributed by atoms with Gasteiger partial charge in [0.05, 0.1) is 6.61 Å². The van der Waals surface area contributed by atoms with Crippen LogP contribution in [-0.2, 0) is 4.74 Å². The summed E-state index contributed by atoms with van der Waals surface area (Å²) in [6.07, 6.45) is 5.32. The first-order valence-electron chi connectivity index (χ1n) is 6.66. The van der Waals surface area contributed by atoms with Crippen molar-refractivity contribution in [2.75, 3.05) is 12.3 Å². The van der Waals surface area contributed by atoms with Crippen LogP contribution in [0.15, 0.2) is 6.07 Å². The summed E-state index contributed by atoms with van der Waals surface area (Å²) in [5, 5.41) is 0. The zero-order valence-corrected chi connectivity index (χ0v) is 11.5. The van der Waals surface area contributed by atoms with Crippen molar-refractivity contribution in [3.8, 4) is 0 Å². The van der Waals surface area contributed by atoms with Gasteiger partial charge in [0.25, 0.3) is 0 Å². The highest BCUT2D eigenvalue weighted by Gasteiger charge is 2.39. The minimum absolute atomic E-state index is 0.206. The second kappa shape index (κ2) is 4.57. The first-order chi connectivity index (χ1) is 8.63. The Hall–Kier alpha value is -1.03. The van der Waals surface area contributed by atoms with Crippen molar-refractivity contribution < 1.29 is 9.53 Å². The van der Waals surface area contributed by atoms with E-state index in [2.05, 4.69) is 0 Å². The number of ether oxygens (including phenoxy) is 1. The fourth-order valence-electron chi connectivity index (χ4n) is 3.43. The van der Waals surface area contributed by atoms with Gasteiger partial charge in [0, 0.05) is 10.6 Å². The summed E-state index contributed by atoms with van der Waals surface area (Å²) in [5.74, 6) is 2.10. The van der Waals surface area contributed by atoms with E-state index in [4.69, 9.17) is 10.5 Å². The van der Waals surface area contributed by atoms with Crippen molar-refractivity contribution in [3.05, 3.63) is 15.8 Å². The molecule has 98 valence electrons. The molecule has 3 unspecified atom stereocenters. The van der Waals surface area contributed by atoms with Gasteiger partial charge >= 0.3 is 5.97 Å². The third kappa shape index (κ3) is 2.14. The van der Waals surface area contributed by atoms with Crippen molar-refractivity contribution in [1.82, 2.24) is 0 Å². The number of hydrogen-bond donors (Lipinski definition) is 1. The van der Waals surface area contributed by atoms with Gasteiger partial charge in [0.15, 0.2) is 0 Å². The molecule has 0 saturated heterocycles. The van der Waals surface area contributed by atoms with Crippen LogP contribution in [0.5, 0.6) is 0 Å². The van der Waals surface area contributed by atoms with Crippen LogP contribution >= 0.6 is 11.3 Å². The third-order valence-electron chi connectivity index (χ3n) is 4.47. The van der Waals surface area contributed by atoms with E-state index < -0.39 is 0 Å². The monoisotopic (exact) mass is 265 g/mol. The maximum atomic E-state index is 11.9.